The highest BCUT2D eigenvalue weighted by molar-refractivity contribution is 6.35. The van der Waals surface area contributed by atoms with Gasteiger partial charge in [0.15, 0.2) is 0 Å². The highest BCUT2D eigenvalue weighted by Gasteiger charge is 2.17. The Balaban J connectivity index is 2.44. The van der Waals surface area contributed by atoms with E-state index in [1.165, 1.54) is 0 Å². The van der Waals surface area contributed by atoms with Crippen molar-refractivity contribution in [1.29, 1.82) is 0 Å². The van der Waals surface area contributed by atoms with E-state index in [-0.39, 0.29) is 6.10 Å². The molecular weight excluding hydrogens is 299 g/mol. The topological polar surface area (TPSA) is 36.3 Å². The minimum absolute atomic E-state index is 0.0530. The molecule has 1 heterocycles. The molecule has 0 N–H and O–H groups in total. The maximum atomic E-state index is 6.31. The first-order valence-electron chi connectivity index (χ1n) is 6.42. The molecule has 0 aliphatic rings. The standard InChI is InChI=1S/C14H18Cl2N2O2/c1-19-9-10(20-2)8-18-13(6-7-15)17-12-5-3-4-11(16)14(12)18/h3-5,10H,6-9H2,1-2H3. The first-order chi connectivity index (χ1) is 9.71. The summed E-state index contributed by atoms with van der Waals surface area (Å²) in [6.07, 6.45) is 0.637. The van der Waals surface area contributed by atoms with Gasteiger partial charge in [-0.2, -0.15) is 0 Å². The number of aromatic nitrogens is 2. The van der Waals surface area contributed by atoms with Crippen LogP contribution in [0, 0.1) is 0 Å². The number of imidazole rings is 1. The Morgan fingerprint density at radius 1 is 1.35 bits per heavy atom. The van der Waals surface area contributed by atoms with Crippen LogP contribution in [0.1, 0.15) is 5.82 Å². The van der Waals surface area contributed by atoms with Gasteiger partial charge in [-0.3, -0.25) is 0 Å². The number of halogens is 2. The molecular formula is C14H18Cl2N2O2. The average Bonchev–Trinajstić information content (AvgIpc) is 2.78. The van der Waals surface area contributed by atoms with Crippen molar-refractivity contribution in [2.75, 3.05) is 26.7 Å². The van der Waals surface area contributed by atoms with Crippen LogP contribution >= 0.6 is 23.2 Å². The molecule has 0 fully saturated rings. The minimum Gasteiger partial charge on any atom is -0.382 e. The molecule has 4 nitrogen and oxygen atoms in total. The number of methoxy groups -OCH3 is 2. The number of hydrogen-bond donors (Lipinski definition) is 0. The molecule has 0 amide bonds. The summed E-state index contributed by atoms with van der Waals surface area (Å²) in [5.74, 6) is 1.43. The zero-order chi connectivity index (χ0) is 14.5. The number of aryl methyl sites for hydroxylation is 1. The SMILES string of the molecule is COCC(Cn1c(CCCl)nc2cccc(Cl)c21)OC. The van der Waals surface area contributed by atoms with E-state index >= 15 is 0 Å². The minimum atomic E-state index is -0.0530. The molecule has 20 heavy (non-hydrogen) atoms. The van der Waals surface area contributed by atoms with Crippen LogP contribution in [0.25, 0.3) is 11.0 Å². The molecule has 1 atom stereocenters. The third-order valence-electron chi connectivity index (χ3n) is 3.19. The fraction of sp³-hybridized carbons (Fsp3) is 0.500. The maximum absolute atomic E-state index is 6.31. The Kier molecular flexibility index (Phi) is 5.66. The van der Waals surface area contributed by atoms with E-state index in [9.17, 15) is 0 Å². The molecule has 1 aromatic heterocycles. The highest BCUT2D eigenvalue weighted by atomic mass is 35.5. The quantitative estimate of drug-likeness (QED) is 0.736. The Hall–Kier alpha value is -0.810. The van der Waals surface area contributed by atoms with Crippen molar-refractivity contribution in [1.82, 2.24) is 9.55 Å². The average molecular weight is 317 g/mol. The number of ether oxygens (including phenoxy) is 2. The van der Waals surface area contributed by atoms with Crippen molar-refractivity contribution in [3.63, 3.8) is 0 Å². The Morgan fingerprint density at radius 2 is 2.15 bits per heavy atom. The smallest absolute Gasteiger partial charge is 0.111 e. The van der Waals surface area contributed by atoms with Gasteiger partial charge in [0.1, 0.15) is 5.82 Å². The lowest BCUT2D eigenvalue weighted by Gasteiger charge is -2.17. The zero-order valence-electron chi connectivity index (χ0n) is 11.6. The van der Waals surface area contributed by atoms with Crippen molar-refractivity contribution < 1.29 is 9.47 Å². The van der Waals surface area contributed by atoms with Crippen molar-refractivity contribution in [2.45, 2.75) is 19.1 Å². The molecule has 0 saturated carbocycles. The van der Waals surface area contributed by atoms with Gasteiger partial charge in [-0.25, -0.2) is 4.98 Å². The van der Waals surface area contributed by atoms with Crippen molar-refractivity contribution in [3.05, 3.63) is 29.0 Å². The lowest BCUT2D eigenvalue weighted by atomic mass is 10.3. The van der Waals surface area contributed by atoms with E-state index in [0.29, 0.717) is 30.5 Å². The third-order valence-corrected chi connectivity index (χ3v) is 3.68. The number of benzene rings is 1. The summed E-state index contributed by atoms with van der Waals surface area (Å²) in [4.78, 5) is 4.61. The predicted octanol–water partition coefficient (Wildman–Crippen LogP) is 3.13. The molecule has 1 aromatic carbocycles. The fourth-order valence-corrected chi connectivity index (χ4v) is 2.69. The van der Waals surface area contributed by atoms with Gasteiger partial charge in [-0.05, 0) is 12.1 Å². The maximum Gasteiger partial charge on any atom is 0.111 e. The largest absolute Gasteiger partial charge is 0.382 e. The van der Waals surface area contributed by atoms with E-state index in [0.717, 1.165) is 16.9 Å². The summed E-state index contributed by atoms with van der Waals surface area (Å²) < 4.78 is 12.7. The number of hydrogen-bond acceptors (Lipinski definition) is 3. The van der Waals surface area contributed by atoms with Gasteiger partial charge in [0, 0.05) is 26.5 Å². The second kappa shape index (κ2) is 7.27. The van der Waals surface area contributed by atoms with E-state index in [1.54, 1.807) is 14.2 Å². The van der Waals surface area contributed by atoms with Gasteiger partial charge in [-0.15, -0.1) is 11.6 Å². The predicted molar refractivity (Wildman–Crippen MR) is 81.8 cm³/mol. The van der Waals surface area contributed by atoms with Gasteiger partial charge in [0.25, 0.3) is 0 Å². The van der Waals surface area contributed by atoms with E-state index in [1.807, 2.05) is 18.2 Å². The second-order valence-corrected chi connectivity index (χ2v) is 5.28. The summed E-state index contributed by atoms with van der Waals surface area (Å²) >= 11 is 12.2. The van der Waals surface area contributed by atoms with E-state index < -0.39 is 0 Å². The van der Waals surface area contributed by atoms with Crippen LogP contribution in [0.2, 0.25) is 5.02 Å². The number of nitrogens with zero attached hydrogens (tertiary/aromatic N) is 2. The second-order valence-electron chi connectivity index (χ2n) is 4.50. The number of para-hydroxylation sites is 1. The fourth-order valence-electron chi connectivity index (χ4n) is 2.25. The van der Waals surface area contributed by atoms with Gasteiger partial charge in [-0.1, -0.05) is 17.7 Å². The monoisotopic (exact) mass is 316 g/mol. The normalized spacial score (nSPS) is 13.0. The Labute approximate surface area is 128 Å². The van der Waals surface area contributed by atoms with Crippen molar-refractivity contribution in [2.24, 2.45) is 0 Å². The molecule has 1 unspecified atom stereocenters. The molecule has 2 rings (SSSR count). The van der Waals surface area contributed by atoms with Crippen LogP contribution in [-0.4, -0.2) is 42.4 Å². The van der Waals surface area contributed by atoms with Gasteiger partial charge < -0.3 is 14.0 Å². The molecule has 0 bridgehead atoms. The van der Waals surface area contributed by atoms with Crippen LogP contribution in [0.5, 0.6) is 0 Å². The molecule has 110 valence electrons. The summed E-state index contributed by atoms with van der Waals surface area (Å²) in [6.45, 7) is 1.15. The number of alkyl halides is 1. The summed E-state index contributed by atoms with van der Waals surface area (Å²) in [6, 6.07) is 5.72. The summed E-state index contributed by atoms with van der Waals surface area (Å²) in [5.41, 5.74) is 1.80. The molecule has 0 spiro atoms. The van der Waals surface area contributed by atoms with Gasteiger partial charge in [0.2, 0.25) is 0 Å². The third kappa shape index (κ3) is 3.26. The van der Waals surface area contributed by atoms with Gasteiger partial charge >= 0.3 is 0 Å². The molecule has 2 aromatic rings. The molecule has 0 aliphatic carbocycles. The summed E-state index contributed by atoms with van der Waals surface area (Å²) in [5, 5.41) is 0.683. The van der Waals surface area contributed by atoms with Crippen LogP contribution < -0.4 is 0 Å². The Bertz CT molecular complexity index is 572. The Morgan fingerprint density at radius 3 is 2.80 bits per heavy atom. The molecule has 0 aliphatic heterocycles. The molecule has 0 saturated heterocycles. The van der Waals surface area contributed by atoms with Gasteiger partial charge in [0.05, 0.1) is 35.3 Å². The van der Waals surface area contributed by atoms with Crippen molar-refractivity contribution in [3.8, 4) is 0 Å². The highest BCUT2D eigenvalue weighted by Crippen LogP contribution is 2.25. The first kappa shape index (κ1) is 15.6. The first-order valence-corrected chi connectivity index (χ1v) is 7.33. The van der Waals surface area contributed by atoms with E-state index in [4.69, 9.17) is 32.7 Å². The van der Waals surface area contributed by atoms with E-state index in [2.05, 4.69) is 9.55 Å². The van der Waals surface area contributed by atoms with Crippen LogP contribution in [0.3, 0.4) is 0 Å². The van der Waals surface area contributed by atoms with Crippen LogP contribution in [0.15, 0.2) is 18.2 Å². The lowest BCUT2D eigenvalue weighted by Crippen LogP contribution is -2.25. The molecule has 6 heteroatoms. The van der Waals surface area contributed by atoms with Crippen molar-refractivity contribution >= 4 is 34.2 Å². The van der Waals surface area contributed by atoms with Crippen LogP contribution in [-0.2, 0) is 22.4 Å². The van der Waals surface area contributed by atoms with Crippen LogP contribution in [0.4, 0.5) is 0 Å². The number of rotatable bonds is 7. The lowest BCUT2D eigenvalue weighted by molar-refractivity contribution is 0.0186. The molecule has 0 radical (unpaired) electrons. The summed E-state index contributed by atoms with van der Waals surface area (Å²) in [7, 11) is 3.33. The zero-order valence-corrected chi connectivity index (χ0v) is 13.1. The number of fused-ring (bicyclic) bond motifs is 1.